The number of hydrogen-bond acceptors (Lipinski definition) is 3. The van der Waals surface area contributed by atoms with Gasteiger partial charge in [0.05, 0.1) is 0 Å². The van der Waals surface area contributed by atoms with E-state index in [2.05, 4.69) is 0 Å². The molecule has 0 fully saturated rings. The number of hydrogen-bond donors (Lipinski definition) is 1. The molecule has 1 N–H and O–H groups in total. The van der Waals surface area contributed by atoms with Gasteiger partial charge < -0.3 is 5.11 Å². The summed E-state index contributed by atoms with van der Waals surface area (Å²) < 4.78 is 0. The summed E-state index contributed by atoms with van der Waals surface area (Å²) in [6.45, 7) is 1.97. The molecule has 0 saturated heterocycles. The molecule has 0 bridgehead atoms. The Morgan fingerprint density at radius 2 is 2.29 bits per heavy atom. The van der Waals surface area contributed by atoms with E-state index in [1.807, 2.05) is 13.0 Å². The van der Waals surface area contributed by atoms with E-state index in [0.717, 1.165) is 11.3 Å². The number of carbonyl (C=O) groups excluding carboxylic acids is 1. The van der Waals surface area contributed by atoms with Crippen molar-refractivity contribution >= 4 is 16.9 Å². The highest BCUT2D eigenvalue weighted by Crippen LogP contribution is 2.14. The molecule has 0 aliphatic carbocycles. The zero-order chi connectivity index (χ0) is 10.4. The lowest BCUT2D eigenvalue weighted by atomic mass is 10.1. The number of aromatic hydroxyl groups is 1. The van der Waals surface area contributed by atoms with Gasteiger partial charge in [-0.05, 0) is 29.9 Å². The minimum Gasteiger partial charge on any atom is -0.508 e. The van der Waals surface area contributed by atoms with Crippen LogP contribution in [0.3, 0.4) is 0 Å². The summed E-state index contributed by atoms with van der Waals surface area (Å²) in [4.78, 5) is 11.2. The third kappa shape index (κ3) is 3.83. The lowest BCUT2D eigenvalue weighted by molar-refractivity contribution is -0.110. The summed E-state index contributed by atoms with van der Waals surface area (Å²) in [6, 6.07) is 7.04. The summed E-state index contributed by atoms with van der Waals surface area (Å²) in [6.07, 6.45) is 1.25. The molecule has 1 rings (SSSR count). The van der Waals surface area contributed by atoms with Crippen LogP contribution in [0.25, 0.3) is 0 Å². The lowest BCUT2D eigenvalue weighted by Crippen LogP contribution is -1.95. The van der Waals surface area contributed by atoms with Crippen molar-refractivity contribution in [1.82, 2.24) is 0 Å². The van der Waals surface area contributed by atoms with E-state index in [0.29, 0.717) is 12.8 Å². The highest BCUT2D eigenvalue weighted by molar-refractivity contribution is 8.13. The minimum atomic E-state index is 0.218. The largest absolute Gasteiger partial charge is 0.508 e. The van der Waals surface area contributed by atoms with Crippen LogP contribution >= 0.6 is 11.8 Å². The van der Waals surface area contributed by atoms with Gasteiger partial charge in [0.2, 0.25) is 0 Å². The fourth-order valence-electron chi connectivity index (χ4n) is 1.19. The molecule has 0 aliphatic rings. The van der Waals surface area contributed by atoms with Crippen molar-refractivity contribution in [3.05, 3.63) is 29.8 Å². The highest BCUT2D eigenvalue weighted by atomic mass is 32.2. The first-order valence-corrected chi connectivity index (χ1v) is 5.64. The molecule has 0 atom stereocenters. The van der Waals surface area contributed by atoms with Crippen molar-refractivity contribution in [1.29, 1.82) is 0 Å². The number of carbonyl (C=O) groups is 1. The molecule has 0 aromatic heterocycles. The van der Waals surface area contributed by atoms with Crippen LogP contribution in [-0.4, -0.2) is 16.0 Å². The Balaban J connectivity index is 2.41. The number of aryl methyl sites for hydroxylation is 1. The van der Waals surface area contributed by atoms with Gasteiger partial charge in [-0.25, -0.2) is 0 Å². The van der Waals surface area contributed by atoms with Crippen molar-refractivity contribution in [3.8, 4) is 5.75 Å². The molecule has 1 aromatic carbocycles. The number of rotatable bonds is 4. The maximum atomic E-state index is 11.2. The Hall–Kier alpha value is -0.960. The fraction of sp³-hybridized carbons (Fsp3) is 0.364. The summed E-state index contributed by atoms with van der Waals surface area (Å²) in [7, 11) is 0. The van der Waals surface area contributed by atoms with Crippen LogP contribution in [0, 0.1) is 0 Å². The van der Waals surface area contributed by atoms with Crippen LogP contribution in [-0.2, 0) is 11.2 Å². The maximum absolute atomic E-state index is 11.2. The first-order chi connectivity index (χ1) is 6.72. The second-order valence-electron chi connectivity index (χ2n) is 2.97. The first kappa shape index (κ1) is 11.1. The van der Waals surface area contributed by atoms with Crippen LogP contribution in [0.5, 0.6) is 5.75 Å². The first-order valence-electron chi connectivity index (χ1n) is 4.66. The van der Waals surface area contributed by atoms with Crippen LogP contribution in [0.4, 0.5) is 0 Å². The predicted molar refractivity (Wildman–Crippen MR) is 59.6 cm³/mol. The zero-order valence-corrected chi connectivity index (χ0v) is 9.01. The van der Waals surface area contributed by atoms with Crippen molar-refractivity contribution in [3.63, 3.8) is 0 Å². The lowest BCUT2D eigenvalue weighted by Gasteiger charge is -2.00. The average Bonchev–Trinajstić information content (AvgIpc) is 2.15. The van der Waals surface area contributed by atoms with Crippen LogP contribution in [0.1, 0.15) is 18.9 Å². The van der Waals surface area contributed by atoms with Crippen LogP contribution in [0.2, 0.25) is 0 Å². The molecular formula is C11H14O2S. The topological polar surface area (TPSA) is 37.3 Å². The number of thioether (sulfide) groups is 1. The second-order valence-corrected chi connectivity index (χ2v) is 4.30. The average molecular weight is 210 g/mol. The quantitative estimate of drug-likeness (QED) is 0.830. The van der Waals surface area contributed by atoms with Gasteiger partial charge in [0.15, 0.2) is 5.12 Å². The second kappa shape index (κ2) is 5.70. The van der Waals surface area contributed by atoms with Gasteiger partial charge >= 0.3 is 0 Å². The standard InChI is InChI=1S/C11H14O2S/c1-2-14-11(13)7-6-9-4-3-5-10(12)8-9/h3-5,8,12H,2,6-7H2,1H3. The molecule has 2 nitrogen and oxygen atoms in total. The molecular weight excluding hydrogens is 196 g/mol. The van der Waals surface area contributed by atoms with E-state index in [1.165, 1.54) is 11.8 Å². The molecule has 3 heteroatoms. The summed E-state index contributed by atoms with van der Waals surface area (Å²) >= 11 is 1.35. The summed E-state index contributed by atoms with van der Waals surface area (Å²) in [5, 5.41) is 9.41. The third-order valence-electron chi connectivity index (χ3n) is 1.83. The smallest absolute Gasteiger partial charge is 0.189 e. The summed E-state index contributed by atoms with van der Waals surface area (Å²) in [5.41, 5.74) is 1.01. The van der Waals surface area contributed by atoms with Gasteiger partial charge in [-0.15, -0.1) is 0 Å². The Bertz CT molecular complexity index is 310. The molecule has 0 amide bonds. The molecule has 0 unspecified atom stereocenters. The number of phenolic OH excluding ortho intramolecular Hbond substituents is 1. The van der Waals surface area contributed by atoms with Crippen molar-refractivity contribution in [2.24, 2.45) is 0 Å². The van der Waals surface area contributed by atoms with Crippen LogP contribution in [0.15, 0.2) is 24.3 Å². The number of benzene rings is 1. The van der Waals surface area contributed by atoms with E-state index >= 15 is 0 Å². The van der Waals surface area contributed by atoms with E-state index in [1.54, 1.807) is 18.2 Å². The molecule has 0 radical (unpaired) electrons. The monoisotopic (exact) mass is 210 g/mol. The van der Waals surface area contributed by atoms with E-state index in [-0.39, 0.29) is 10.9 Å². The normalized spacial score (nSPS) is 10.1. The maximum Gasteiger partial charge on any atom is 0.189 e. The van der Waals surface area contributed by atoms with Crippen molar-refractivity contribution < 1.29 is 9.90 Å². The summed E-state index contributed by atoms with van der Waals surface area (Å²) in [5.74, 6) is 1.09. The highest BCUT2D eigenvalue weighted by Gasteiger charge is 2.02. The van der Waals surface area contributed by atoms with Gasteiger partial charge in [-0.3, -0.25) is 4.79 Å². The van der Waals surface area contributed by atoms with Crippen LogP contribution < -0.4 is 0 Å². The van der Waals surface area contributed by atoms with Crippen molar-refractivity contribution in [2.45, 2.75) is 19.8 Å². The molecule has 0 aliphatic heterocycles. The Morgan fingerprint density at radius 1 is 1.50 bits per heavy atom. The van der Waals surface area contributed by atoms with Gasteiger partial charge in [-0.2, -0.15) is 0 Å². The Labute approximate surface area is 88.3 Å². The van der Waals surface area contributed by atoms with Gasteiger partial charge in [0.25, 0.3) is 0 Å². The third-order valence-corrected chi connectivity index (χ3v) is 2.65. The molecule has 76 valence electrons. The zero-order valence-electron chi connectivity index (χ0n) is 8.19. The number of phenols is 1. The SMILES string of the molecule is CCSC(=O)CCc1cccc(O)c1. The molecule has 0 saturated carbocycles. The molecule has 0 heterocycles. The van der Waals surface area contributed by atoms with Gasteiger partial charge in [-0.1, -0.05) is 30.8 Å². The Kier molecular flexibility index (Phi) is 4.53. The Morgan fingerprint density at radius 3 is 2.93 bits per heavy atom. The molecule has 1 aromatic rings. The fourth-order valence-corrected chi connectivity index (χ4v) is 1.76. The molecule has 14 heavy (non-hydrogen) atoms. The van der Waals surface area contributed by atoms with Crippen molar-refractivity contribution in [2.75, 3.05) is 5.75 Å². The van der Waals surface area contributed by atoms with Gasteiger partial charge in [0, 0.05) is 6.42 Å². The molecule has 0 spiro atoms. The predicted octanol–water partition coefficient (Wildman–Crippen LogP) is 2.60. The van der Waals surface area contributed by atoms with E-state index in [9.17, 15) is 9.90 Å². The van der Waals surface area contributed by atoms with E-state index in [4.69, 9.17) is 0 Å². The van der Waals surface area contributed by atoms with E-state index < -0.39 is 0 Å². The van der Waals surface area contributed by atoms with Gasteiger partial charge in [0.1, 0.15) is 5.75 Å². The minimum absolute atomic E-state index is 0.218.